The number of amides is 2. The number of esters is 1. The molecule has 0 aliphatic rings. The summed E-state index contributed by atoms with van der Waals surface area (Å²) in [7, 11) is 1.32. The van der Waals surface area contributed by atoms with E-state index >= 15 is 0 Å². The molecular formula is C12H24N2O3. The van der Waals surface area contributed by atoms with Gasteiger partial charge in [-0.15, -0.1) is 0 Å². The summed E-state index contributed by atoms with van der Waals surface area (Å²) < 4.78 is 4.66. The van der Waals surface area contributed by atoms with Gasteiger partial charge in [0, 0.05) is 6.04 Å². The topological polar surface area (TPSA) is 67.4 Å². The smallest absolute Gasteiger partial charge is 0.328 e. The molecule has 0 saturated heterocycles. The third-order valence-corrected chi connectivity index (χ3v) is 2.49. The lowest BCUT2D eigenvalue weighted by atomic mass is 10.0. The molecule has 0 aromatic carbocycles. The number of hydrogen-bond donors (Lipinski definition) is 2. The number of urea groups is 1. The quantitative estimate of drug-likeness (QED) is 0.698. The zero-order valence-electron chi connectivity index (χ0n) is 11.4. The van der Waals surface area contributed by atoms with Crippen LogP contribution in [0.2, 0.25) is 0 Å². The molecule has 0 saturated carbocycles. The molecule has 2 atom stereocenters. The summed E-state index contributed by atoms with van der Waals surface area (Å²) in [4.78, 5) is 23.1. The van der Waals surface area contributed by atoms with Crippen LogP contribution in [0.3, 0.4) is 0 Å². The van der Waals surface area contributed by atoms with Crippen LogP contribution in [-0.4, -0.2) is 31.2 Å². The molecule has 2 N–H and O–H groups in total. The third-order valence-electron chi connectivity index (χ3n) is 2.49. The van der Waals surface area contributed by atoms with Gasteiger partial charge in [-0.05, 0) is 25.7 Å². The van der Waals surface area contributed by atoms with Crippen molar-refractivity contribution in [3.05, 3.63) is 0 Å². The summed E-state index contributed by atoms with van der Waals surface area (Å²) in [5, 5.41) is 5.39. The first-order valence-corrected chi connectivity index (χ1v) is 6.05. The molecule has 5 nitrogen and oxygen atoms in total. The number of carbonyl (C=O) groups is 2. The van der Waals surface area contributed by atoms with Crippen LogP contribution in [0.1, 0.15) is 40.5 Å². The summed E-state index contributed by atoms with van der Waals surface area (Å²) >= 11 is 0. The van der Waals surface area contributed by atoms with Gasteiger partial charge in [0.15, 0.2) is 0 Å². The minimum atomic E-state index is -0.580. The Labute approximate surface area is 103 Å². The van der Waals surface area contributed by atoms with Crippen LogP contribution in [0.15, 0.2) is 0 Å². The Morgan fingerprint density at radius 1 is 1.18 bits per heavy atom. The van der Waals surface area contributed by atoms with Gasteiger partial charge in [0.25, 0.3) is 0 Å². The Morgan fingerprint density at radius 3 is 2.18 bits per heavy atom. The summed E-state index contributed by atoms with van der Waals surface area (Å²) in [6.07, 6.45) is 1.42. The summed E-state index contributed by atoms with van der Waals surface area (Å²) in [6.45, 7) is 7.88. The monoisotopic (exact) mass is 244 g/mol. The molecule has 1 unspecified atom stereocenters. The SMILES string of the molecule is CCC(C)NC(=O)N[C@@H](CC(C)C)C(=O)OC. The highest BCUT2D eigenvalue weighted by Gasteiger charge is 2.22. The van der Waals surface area contributed by atoms with Crippen LogP contribution < -0.4 is 10.6 Å². The van der Waals surface area contributed by atoms with E-state index in [9.17, 15) is 9.59 Å². The summed E-state index contributed by atoms with van der Waals surface area (Å²) in [5.74, 6) is -0.0963. The largest absolute Gasteiger partial charge is 0.467 e. The fourth-order valence-electron chi connectivity index (χ4n) is 1.35. The number of nitrogens with one attached hydrogen (secondary N) is 2. The maximum atomic E-state index is 11.6. The lowest BCUT2D eigenvalue weighted by molar-refractivity contribution is -0.143. The number of carbonyl (C=O) groups excluding carboxylic acids is 2. The van der Waals surface area contributed by atoms with Gasteiger partial charge in [-0.1, -0.05) is 20.8 Å². The summed E-state index contributed by atoms with van der Waals surface area (Å²) in [6, 6.07) is -0.813. The lowest BCUT2D eigenvalue weighted by Crippen LogP contribution is -2.49. The van der Waals surface area contributed by atoms with Crippen LogP contribution in [0, 0.1) is 5.92 Å². The van der Waals surface area contributed by atoms with Gasteiger partial charge in [0.2, 0.25) is 0 Å². The van der Waals surface area contributed by atoms with E-state index in [4.69, 9.17) is 0 Å². The summed E-state index contributed by atoms with van der Waals surface area (Å²) in [5.41, 5.74) is 0. The Bertz CT molecular complexity index is 254. The lowest BCUT2D eigenvalue weighted by Gasteiger charge is -2.20. The van der Waals surface area contributed by atoms with E-state index in [2.05, 4.69) is 15.4 Å². The molecule has 0 rings (SSSR count). The Hall–Kier alpha value is -1.26. The van der Waals surface area contributed by atoms with Gasteiger partial charge in [-0.3, -0.25) is 0 Å². The second-order valence-electron chi connectivity index (χ2n) is 4.63. The van der Waals surface area contributed by atoms with Crippen molar-refractivity contribution >= 4 is 12.0 Å². The molecule has 100 valence electrons. The maximum Gasteiger partial charge on any atom is 0.328 e. The standard InChI is InChI=1S/C12H24N2O3/c1-6-9(4)13-12(16)14-10(7-8(2)3)11(15)17-5/h8-10H,6-7H2,1-5H3,(H2,13,14,16)/t9?,10-/m0/s1. The zero-order chi connectivity index (χ0) is 13.4. The molecule has 0 radical (unpaired) electrons. The van der Waals surface area contributed by atoms with Gasteiger partial charge in [0.1, 0.15) is 6.04 Å². The molecule has 0 aromatic heterocycles. The van der Waals surface area contributed by atoms with Crippen molar-refractivity contribution in [3.63, 3.8) is 0 Å². The zero-order valence-corrected chi connectivity index (χ0v) is 11.4. The molecule has 0 fully saturated rings. The Balaban J connectivity index is 4.32. The number of methoxy groups -OCH3 is 1. The van der Waals surface area contributed by atoms with Crippen LogP contribution in [-0.2, 0) is 9.53 Å². The average Bonchev–Trinajstić information content (AvgIpc) is 2.26. The van der Waals surface area contributed by atoms with E-state index in [-0.39, 0.29) is 12.1 Å². The minimum Gasteiger partial charge on any atom is -0.467 e. The van der Waals surface area contributed by atoms with Gasteiger partial charge >= 0.3 is 12.0 Å². The van der Waals surface area contributed by atoms with Crippen LogP contribution in [0.25, 0.3) is 0 Å². The van der Waals surface area contributed by atoms with E-state index in [1.807, 2.05) is 27.7 Å². The third kappa shape index (κ3) is 6.81. The highest BCUT2D eigenvalue weighted by molar-refractivity contribution is 5.83. The maximum absolute atomic E-state index is 11.6. The highest BCUT2D eigenvalue weighted by Crippen LogP contribution is 2.06. The van der Waals surface area contributed by atoms with E-state index in [1.54, 1.807) is 0 Å². The second kappa shape index (κ2) is 7.92. The predicted octanol–water partition coefficient (Wildman–Crippen LogP) is 1.67. The van der Waals surface area contributed by atoms with Crippen LogP contribution in [0.4, 0.5) is 4.79 Å². The fourth-order valence-corrected chi connectivity index (χ4v) is 1.35. The average molecular weight is 244 g/mol. The van der Waals surface area contributed by atoms with E-state index in [0.29, 0.717) is 12.3 Å². The van der Waals surface area contributed by atoms with Gasteiger partial charge in [0.05, 0.1) is 7.11 Å². The predicted molar refractivity (Wildman–Crippen MR) is 66.7 cm³/mol. The molecule has 2 amide bonds. The van der Waals surface area contributed by atoms with Crippen molar-refractivity contribution in [2.24, 2.45) is 5.92 Å². The van der Waals surface area contributed by atoms with Crippen LogP contribution in [0.5, 0.6) is 0 Å². The van der Waals surface area contributed by atoms with Crippen molar-refractivity contribution in [2.75, 3.05) is 7.11 Å². The number of rotatable bonds is 6. The van der Waals surface area contributed by atoms with Gasteiger partial charge in [-0.25, -0.2) is 9.59 Å². The van der Waals surface area contributed by atoms with Gasteiger partial charge < -0.3 is 15.4 Å². The van der Waals surface area contributed by atoms with Crippen LogP contribution >= 0.6 is 0 Å². The first-order valence-electron chi connectivity index (χ1n) is 6.05. The van der Waals surface area contributed by atoms with Gasteiger partial charge in [-0.2, -0.15) is 0 Å². The highest BCUT2D eigenvalue weighted by atomic mass is 16.5. The second-order valence-corrected chi connectivity index (χ2v) is 4.63. The fraction of sp³-hybridized carbons (Fsp3) is 0.833. The Kier molecular flexibility index (Phi) is 7.34. The number of ether oxygens (including phenoxy) is 1. The van der Waals surface area contributed by atoms with E-state index in [1.165, 1.54) is 7.11 Å². The van der Waals surface area contributed by atoms with Crippen molar-refractivity contribution in [1.29, 1.82) is 0 Å². The molecule has 5 heteroatoms. The van der Waals surface area contributed by atoms with Crippen molar-refractivity contribution in [2.45, 2.75) is 52.6 Å². The molecule has 0 aliphatic carbocycles. The molecule has 0 bridgehead atoms. The molecule has 0 aromatic rings. The van der Waals surface area contributed by atoms with E-state index < -0.39 is 12.0 Å². The molecule has 17 heavy (non-hydrogen) atoms. The minimum absolute atomic E-state index is 0.0901. The molecular weight excluding hydrogens is 220 g/mol. The Morgan fingerprint density at radius 2 is 1.76 bits per heavy atom. The normalized spacial score (nSPS) is 14.0. The van der Waals surface area contributed by atoms with E-state index in [0.717, 1.165) is 6.42 Å². The molecule has 0 spiro atoms. The first-order chi connectivity index (χ1) is 7.90. The number of hydrogen-bond acceptors (Lipinski definition) is 3. The van der Waals surface area contributed by atoms with Crippen molar-refractivity contribution < 1.29 is 14.3 Å². The van der Waals surface area contributed by atoms with Crippen molar-refractivity contribution in [3.8, 4) is 0 Å². The molecule has 0 aliphatic heterocycles. The first kappa shape index (κ1) is 15.7. The van der Waals surface area contributed by atoms with Crippen molar-refractivity contribution in [1.82, 2.24) is 10.6 Å². The molecule has 0 heterocycles.